The lowest BCUT2D eigenvalue weighted by molar-refractivity contribution is 0.0461. The summed E-state index contributed by atoms with van der Waals surface area (Å²) in [4.78, 5) is 15.6. The zero-order chi connectivity index (χ0) is 12.8. The minimum atomic E-state index is 0.0628. The first-order valence-corrected chi connectivity index (χ1v) is 7.60. The molecular weight excluding hydrogens is 258 g/mol. The number of H-pyrrole nitrogens is 1. The second-order valence-corrected chi connectivity index (χ2v) is 6.28. The molecule has 98 valence electrons. The van der Waals surface area contributed by atoms with Crippen LogP contribution in [0.15, 0.2) is 23.6 Å². The molecule has 1 aliphatic carbocycles. The molecule has 1 saturated heterocycles. The summed E-state index contributed by atoms with van der Waals surface area (Å²) < 4.78 is 0. The number of carbonyl (C=O) groups excluding carboxylic acids is 1. The van der Waals surface area contributed by atoms with Gasteiger partial charge in [0.05, 0.1) is 6.04 Å². The maximum Gasteiger partial charge on any atom is 0.274 e. The Kier molecular flexibility index (Phi) is 2.48. The van der Waals surface area contributed by atoms with Gasteiger partial charge >= 0.3 is 0 Å². The molecule has 0 radical (unpaired) electrons. The van der Waals surface area contributed by atoms with E-state index in [1.165, 1.54) is 17.7 Å². The lowest BCUT2D eigenvalue weighted by Gasteiger charge is -2.40. The molecule has 1 atom stereocenters. The molecule has 1 amide bonds. The van der Waals surface area contributed by atoms with Gasteiger partial charge in [-0.05, 0) is 36.8 Å². The summed E-state index contributed by atoms with van der Waals surface area (Å²) in [7, 11) is 0. The van der Waals surface area contributed by atoms with Crippen molar-refractivity contribution < 1.29 is 4.79 Å². The van der Waals surface area contributed by atoms with Gasteiger partial charge in [-0.2, -0.15) is 5.10 Å². The Hall–Kier alpha value is -1.62. The van der Waals surface area contributed by atoms with Crippen LogP contribution in [-0.4, -0.2) is 27.5 Å². The van der Waals surface area contributed by atoms with E-state index in [0.717, 1.165) is 18.7 Å². The van der Waals surface area contributed by atoms with Crippen molar-refractivity contribution in [1.82, 2.24) is 15.1 Å². The molecule has 0 aromatic carbocycles. The summed E-state index contributed by atoms with van der Waals surface area (Å²) >= 11 is 1.72. The fourth-order valence-electron chi connectivity index (χ4n) is 2.60. The van der Waals surface area contributed by atoms with Gasteiger partial charge in [-0.1, -0.05) is 6.07 Å². The molecule has 19 heavy (non-hydrogen) atoms. The van der Waals surface area contributed by atoms with Gasteiger partial charge in [-0.15, -0.1) is 11.3 Å². The van der Waals surface area contributed by atoms with Crippen LogP contribution in [0.4, 0.5) is 0 Å². The lowest BCUT2D eigenvalue weighted by atomic mass is 10.0. The number of amides is 1. The van der Waals surface area contributed by atoms with E-state index in [-0.39, 0.29) is 11.9 Å². The molecule has 1 N–H and O–H groups in total. The number of thiophene rings is 1. The van der Waals surface area contributed by atoms with Crippen molar-refractivity contribution in [3.63, 3.8) is 0 Å². The highest BCUT2D eigenvalue weighted by molar-refractivity contribution is 7.10. The minimum absolute atomic E-state index is 0.0628. The highest BCUT2D eigenvalue weighted by Crippen LogP contribution is 2.40. The van der Waals surface area contributed by atoms with E-state index in [2.05, 4.69) is 21.6 Å². The highest BCUT2D eigenvalue weighted by atomic mass is 32.1. The van der Waals surface area contributed by atoms with Crippen LogP contribution in [-0.2, 0) is 0 Å². The molecule has 0 spiro atoms. The van der Waals surface area contributed by atoms with Crippen LogP contribution in [0.2, 0.25) is 0 Å². The fraction of sp³-hybridized carbons (Fsp3) is 0.429. The smallest absolute Gasteiger partial charge is 0.274 e. The van der Waals surface area contributed by atoms with Crippen LogP contribution in [0.1, 0.15) is 52.3 Å². The van der Waals surface area contributed by atoms with Gasteiger partial charge in [0.1, 0.15) is 5.69 Å². The Balaban J connectivity index is 1.53. The molecule has 4 rings (SSSR count). The molecule has 2 fully saturated rings. The molecule has 4 nitrogen and oxygen atoms in total. The number of nitrogens with zero attached hydrogens (tertiary/aromatic N) is 2. The summed E-state index contributed by atoms with van der Waals surface area (Å²) in [5.41, 5.74) is 1.69. The maximum atomic E-state index is 12.4. The van der Waals surface area contributed by atoms with Crippen molar-refractivity contribution >= 4 is 17.2 Å². The third-order valence-corrected chi connectivity index (χ3v) is 4.96. The predicted octanol–water partition coefficient (Wildman–Crippen LogP) is 2.94. The predicted molar refractivity (Wildman–Crippen MR) is 73.3 cm³/mol. The summed E-state index contributed by atoms with van der Waals surface area (Å²) in [5.74, 6) is 0.673. The third kappa shape index (κ3) is 1.89. The lowest BCUT2D eigenvalue weighted by Crippen LogP contribution is -2.44. The van der Waals surface area contributed by atoms with Crippen molar-refractivity contribution in [1.29, 1.82) is 0 Å². The number of carbonyl (C=O) groups is 1. The molecule has 2 aromatic rings. The Labute approximate surface area is 115 Å². The van der Waals surface area contributed by atoms with Crippen LogP contribution < -0.4 is 0 Å². The Bertz CT molecular complexity index is 600. The standard InChI is InChI=1S/C14H15N3OS/c18-14(11-8-10(15-16-11)9-3-4-9)17-6-5-12(17)13-2-1-7-19-13/h1-2,7-9,12H,3-6H2,(H,15,16). The first-order valence-electron chi connectivity index (χ1n) is 6.72. The monoisotopic (exact) mass is 273 g/mol. The van der Waals surface area contributed by atoms with E-state index < -0.39 is 0 Å². The molecule has 1 aliphatic heterocycles. The number of nitrogens with one attached hydrogen (secondary N) is 1. The summed E-state index contributed by atoms with van der Waals surface area (Å²) in [6, 6.07) is 6.34. The van der Waals surface area contributed by atoms with E-state index in [9.17, 15) is 4.79 Å². The van der Waals surface area contributed by atoms with Crippen molar-refractivity contribution in [2.45, 2.75) is 31.2 Å². The number of rotatable bonds is 3. The van der Waals surface area contributed by atoms with Crippen LogP contribution in [0.25, 0.3) is 0 Å². The van der Waals surface area contributed by atoms with Crippen molar-refractivity contribution in [3.8, 4) is 0 Å². The summed E-state index contributed by atoms with van der Waals surface area (Å²) in [6.07, 6.45) is 3.50. The van der Waals surface area contributed by atoms with E-state index >= 15 is 0 Å². The topological polar surface area (TPSA) is 49.0 Å². The number of likely N-dealkylation sites (tertiary alicyclic amines) is 1. The molecule has 2 aliphatic rings. The summed E-state index contributed by atoms with van der Waals surface area (Å²) in [6.45, 7) is 0.840. The van der Waals surface area contributed by atoms with Crippen molar-refractivity contribution in [2.75, 3.05) is 6.54 Å². The first-order chi connectivity index (χ1) is 9.33. The number of hydrogen-bond donors (Lipinski definition) is 1. The summed E-state index contributed by atoms with van der Waals surface area (Å²) in [5, 5.41) is 9.26. The zero-order valence-corrected chi connectivity index (χ0v) is 11.3. The van der Waals surface area contributed by atoms with Gasteiger partial charge in [0.15, 0.2) is 0 Å². The molecule has 1 saturated carbocycles. The number of aromatic nitrogens is 2. The molecular formula is C14H15N3OS. The average Bonchev–Trinajstić information content (AvgIpc) is 2.90. The van der Waals surface area contributed by atoms with Gasteiger partial charge in [-0.25, -0.2) is 0 Å². The van der Waals surface area contributed by atoms with E-state index in [1.807, 2.05) is 17.0 Å². The molecule has 0 bridgehead atoms. The first kappa shape index (κ1) is 11.2. The fourth-order valence-corrected chi connectivity index (χ4v) is 3.48. The van der Waals surface area contributed by atoms with Crippen LogP contribution in [0.3, 0.4) is 0 Å². The Morgan fingerprint density at radius 3 is 2.95 bits per heavy atom. The molecule has 2 aromatic heterocycles. The molecule has 1 unspecified atom stereocenters. The van der Waals surface area contributed by atoms with Gasteiger partial charge in [0.2, 0.25) is 0 Å². The van der Waals surface area contributed by atoms with Crippen LogP contribution in [0.5, 0.6) is 0 Å². The van der Waals surface area contributed by atoms with E-state index in [4.69, 9.17) is 0 Å². The molecule has 5 heteroatoms. The largest absolute Gasteiger partial charge is 0.329 e. The van der Waals surface area contributed by atoms with Crippen LogP contribution in [0, 0.1) is 0 Å². The van der Waals surface area contributed by atoms with Crippen LogP contribution >= 0.6 is 11.3 Å². The SMILES string of the molecule is O=C(c1cc(C2CC2)[nH]n1)N1CCC1c1cccs1. The molecule has 3 heterocycles. The number of hydrogen-bond acceptors (Lipinski definition) is 3. The normalized spacial score (nSPS) is 22.3. The maximum absolute atomic E-state index is 12.4. The average molecular weight is 273 g/mol. The van der Waals surface area contributed by atoms with Crippen molar-refractivity contribution in [2.24, 2.45) is 0 Å². The van der Waals surface area contributed by atoms with Gasteiger partial charge < -0.3 is 4.90 Å². The van der Waals surface area contributed by atoms with Gasteiger partial charge in [-0.3, -0.25) is 9.89 Å². The van der Waals surface area contributed by atoms with E-state index in [1.54, 1.807) is 11.3 Å². The second-order valence-electron chi connectivity index (χ2n) is 5.30. The Morgan fingerprint density at radius 1 is 1.42 bits per heavy atom. The quantitative estimate of drug-likeness (QED) is 0.934. The zero-order valence-electron chi connectivity index (χ0n) is 10.5. The van der Waals surface area contributed by atoms with Gasteiger partial charge in [0.25, 0.3) is 5.91 Å². The Morgan fingerprint density at radius 2 is 2.32 bits per heavy atom. The minimum Gasteiger partial charge on any atom is -0.329 e. The van der Waals surface area contributed by atoms with E-state index in [0.29, 0.717) is 11.6 Å². The number of aromatic amines is 1. The second kappa shape index (κ2) is 4.20. The third-order valence-electron chi connectivity index (χ3n) is 3.99. The highest BCUT2D eigenvalue weighted by Gasteiger charge is 2.36. The van der Waals surface area contributed by atoms with Crippen molar-refractivity contribution in [3.05, 3.63) is 39.8 Å². The van der Waals surface area contributed by atoms with Gasteiger partial charge in [0, 0.05) is 23.0 Å².